The maximum Gasteiger partial charge on any atom is 0.0560 e. The molecule has 222 valence electrons. The van der Waals surface area contributed by atoms with Gasteiger partial charge in [0, 0.05) is 12.1 Å². The molecule has 6 aliphatic carbocycles. The SMILES string of the molecule is C[C@H](c1ccccc1)N1[C@@H]([C@H]2C3=C(C[C@H]4C[C@@H]3C4(C)C)P(C)N2[C@H](C)c2ccccc2)C2=C(C[C@H]3C[C@@H]2C3(C)C)P1C. The first kappa shape index (κ1) is 28.2. The standard InChI is InChI=1S/C38H50N2P2/c1-23(25-15-11-9-12-16-25)39-35(33-29-19-27(37(29,3)4)21-31(33)41(39)7)36-34-30-20-28(38(30,5)6)22-32(34)42(8)40(36)24(2)26-17-13-10-14-18-26/h9-18,23-24,27-30,35-36H,19-22H2,1-8H3/t23-,24-,27-,28-,29+,30+,35-,36-,41?,42?/m1/s1. The van der Waals surface area contributed by atoms with Crippen LogP contribution >= 0.6 is 16.1 Å². The zero-order valence-electron chi connectivity index (χ0n) is 27.0. The summed E-state index contributed by atoms with van der Waals surface area (Å²) in [7, 11) is -0.656. The van der Waals surface area contributed by atoms with Gasteiger partial charge in [0.2, 0.25) is 0 Å². The monoisotopic (exact) mass is 596 g/mol. The van der Waals surface area contributed by atoms with Crippen LogP contribution in [0.3, 0.4) is 0 Å². The Bertz CT molecular complexity index is 1350. The summed E-state index contributed by atoms with van der Waals surface area (Å²) >= 11 is 0. The Balaban J connectivity index is 1.32. The van der Waals surface area contributed by atoms with Gasteiger partial charge in [-0.1, -0.05) is 88.4 Å². The molecular formula is C38H50N2P2. The molecule has 0 spiro atoms. The zero-order chi connectivity index (χ0) is 29.3. The highest BCUT2D eigenvalue weighted by atomic mass is 31.1. The normalized spacial score (nSPS) is 39.3. The van der Waals surface area contributed by atoms with Crippen molar-refractivity contribution in [1.82, 2.24) is 9.34 Å². The van der Waals surface area contributed by atoms with Crippen LogP contribution in [-0.4, -0.2) is 34.8 Å². The molecule has 0 radical (unpaired) electrons. The Morgan fingerprint density at radius 1 is 0.619 bits per heavy atom. The van der Waals surface area contributed by atoms with Crippen LogP contribution in [0.4, 0.5) is 0 Å². The van der Waals surface area contributed by atoms with Crippen molar-refractivity contribution in [3.8, 4) is 0 Å². The van der Waals surface area contributed by atoms with E-state index in [-0.39, 0.29) is 16.1 Å². The number of benzene rings is 2. The number of allylic oxidation sites excluding steroid dienone is 2. The van der Waals surface area contributed by atoms with Crippen LogP contribution in [0, 0.1) is 34.5 Å². The molecule has 2 fully saturated rings. The first-order chi connectivity index (χ1) is 20.0. The van der Waals surface area contributed by atoms with Gasteiger partial charge in [0.05, 0.1) is 12.1 Å². The van der Waals surface area contributed by atoms with Crippen LogP contribution in [0.15, 0.2) is 82.4 Å². The van der Waals surface area contributed by atoms with Crippen molar-refractivity contribution in [2.75, 3.05) is 13.3 Å². The van der Waals surface area contributed by atoms with Crippen LogP contribution in [-0.2, 0) is 0 Å². The summed E-state index contributed by atoms with van der Waals surface area (Å²) < 4.78 is 6.19. The molecule has 0 aromatic heterocycles. The third-order valence-electron chi connectivity index (χ3n) is 13.6. The second-order valence-electron chi connectivity index (χ2n) is 15.7. The predicted octanol–water partition coefficient (Wildman–Crippen LogP) is 10.6. The van der Waals surface area contributed by atoms with Gasteiger partial charge in [-0.05, 0) is 136 Å². The summed E-state index contributed by atoms with van der Waals surface area (Å²) in [6.07, 6.45) is 5.54. The molecule has 42 heavy (non-hydrogen) atoms. The average Bonchev–Trinajstić information content (AvgIpc) is 3.47. The van der Waals surface area contributed by atoms with Gasteiger partial charge in [-0.2, -0.15) is 0 Å². The summed E-state index contributed by atoms with van der Waals surface area (Å²) in [5, 5.41) is 3.78. The lowest BCUT2D eigenvalue weighted by atomic mass is 9.46. The molecule has 2 aromatic carbocycles. The van der Waals surface area contributed by atoms with Crippen molar-refractivity contribution in [3.63, 3.8) is 0 Å². The molecule has 0 N–H and O–H groups in total. The lowest BCUT2D eigenvalue weighted by Crippen LogP contribution is -2.57. The van der Waals surface area contributed by atoms with Crippen LogP contribution in [0.2, 0.25) is 0 Å². The van der Waals surface area contributed by atoms with Gasteiger partial charge < -0.3 is 0 Å². The minimum absolute atomic E-state index is 0.328. The molecule has 2 nitrogen and oxygen atoms in total. The van der Waals surface area contributed by atoms with Gasteiger partial charge >= 0.3 is 0 Å². The van der Waals surface area contributed by atoms with E-state index in [1.165, 1.54) is 36.8 Å². The van der Waals surface area contributed by atoms with Crippen molar-refractivity contribution < 1.29 is 0 Å². The Hall–Kier alpha value is -1.30. The number of hydrogen-bond acceptors (Lipinski definition) is 2. The van der Waals surface area contributed by atoms with Gasteiger partial charge in [-0.3, -0.25) is 9.34 Å². The highest BCUT2D eigenvalue weighted by molar-refractivity contribution is 7.59. The van der Waals surface area contributed by atoms with Crippen LogP contribution in [0.25, 0.3) is 0 Å². The largest absolute Gasteiger partial charge is 0.263 e. The molecule has 4 bridgehead atoms. The Morgan fingerprint density at radius 2 is 0.976 bits per heavy atom. The highest BCUT2D eigenvalue weighted by Gasteiger charge is 2.65. The number of hydrogen-bond donors (Lipinski definition) is 0. The van der Waals surface area contributed by atoms with E-state index in [0.29, 0.717) is 35.0 Å². The third-order valence-corrected chi connectivity index (χ3v) is 18.6. The molecule has 0 saturated heterocycles. The van der Waals surface area contributed by atoms with E-state index in [9.17, 15) is 0 Å². The van der Waals surface area contributed by atoms with Gasteiger partial charge in [0.25, 0.3) is 0 Å². The fourth-order valence-corrected chi connectivity index (χ4v) is 16.0. The van der Waals surface area contributed by atoms with Crippen molar-refractivity contribution in [1.29, 1.82) is 0 Å². The van der Waals surface area contributed by atoms with Gasteiger partial charge in [-0.25, -0.2) is 0 Å². The Kier molecular flexibility index (Phi) is 6.44. The highest BCUT2D eigenvalue weighted by Crippen LogP contribution is 2.77. The summed E-state index contributed by atoms with van der Waals surface area (Å²) in [6.45, 7) is 20.7. The summed E-state index contributed by atoms with van der Waals surface area (Å²) in [5.74, 6) is 3.25. The van der Waals surface area contributed by atoms with Crippen molar-refractivity contribution in [3.05, 3.63) is 93.6 Å². The van der Waals surface area contributed by atoms with E-state index >= 15 is 0 Å². The average molecular weight is 597 g/mol. The fraction of sp³-hybridized carbons (Fsp3) is 0.579. The van der Waals surface area contributed by atoms with Crippen molar-refractivity contribution >= 4 is 16.1 Å². The van der Waals surface area contributed by atoms with Gasteiger partial charge in [0.15, 0.2) is 0 Å². The van der Waals surface area contributed by atoms with Crippen LogP contribution in [0.5, 0.6) is 0 Å². The van der Waals surface area contributed by atoms with Crippen LogP contribution < -0.4 is 0 Å². The molecule has 2 unspecified atom stereocenters. The lowest BCUT2D eigenvalue weighted by molar-refractivity contribution is -0.0255. The molecule has 10 atom stereocenters. The predicted molar refractivity (Wildman–Crippen MR) is 181 cm³/mol. The fourth-order valence-electron chi connectivity index (χ4n) is 10.6. The van der Waals surface area contributed by atoms with E-state index in [2.05, 4.69) is 125 Å². The van der Waals surface area contributed by atoms with E-state index in [4.69, 9.17) is 0 Å². The number of nitrogens with zero attached hydrogens (tertiary/aromatic N) is 2. The maximum absolute atomic E-state index is 3.10. The molecular weight excluding hydrogens is 546 g/mol. The smallest absolute Gasteiger partial charge is 0.0560 e. The molecule has 2 heterocycles. The van der Waals surface area contributed by atoms with E-state index in [0.717, 1.165) is 23.7 Å². The quantitative estimate of drug-likeness (QED) is 0.317. The topological polar surface area (TPSA) is 6.48 Å². The molecule has 2 saturated carbocycles. The van der Waals surface area contributed by atoms with Crippen molar-refractivity contribution in [2.45, 2.75) is 91.4 Å². The molecule has 2 aliphatic heterocycles. The van der Waals surface area contributed by atoms with Gasteiger partial charge in [-0.15, -0.1) is 0 Å². The second kappa shape index (κ2) is 9.60. The zero-order valence-corrected chi connectivity index (χ0v) is 28.8. The summed E-state index contributed by atoms with van der Waals surface area (Å²) in [4.78, 5) is 0. The molecule has 8 aliphatic rings. The first-order valence-corrected chi connectivity index (χ1v) is 20.1. The lowest BCUT2D eigenvalue weighted by Gasteiger charge is -2.60. The third kappa shape index (κ3) is 3.65. The minimum atomic E-state index is -0.328. The Labute approximate surface area is 257 Å². The van der Waals surface area contributed by atoms with Crippen molar-refractivity contribution in [2.24, 2.45) is 34.5 Å². The maximum atomic E-state index is 3.10. The van der Waals surface area contributed by atoms with Gasteiger partial charge in [0.1, 0.15) is 0 Å². The van der Waals surface area contributed by atoms with E-state index in [1.54, 1.807) is 0 Å². The molecule has 2 aromatic rings. The first-order valence-electron chi connectivity index (χ1n) is 16.6. The summed E-state index contributed by atoms with van der Waals surface area (Å²) in [5.41, 5.74) is 7.68. The van der Waals surface area contributed by atoms with E-state index < -0.39 is 0 Å². The minimum Gasteiger partial charge on any atom is -0.263 e. The van der Waals surface area contributed by atoms with Crippen LogP contribution in [0.1, 0.15) is 90.4 Å². The molecule has 10 rings (SSSR count). The van der Waals surface area contributed by atoms with E-state index in [1.807, 2.05) is 21.8 Å². The number of rotatable bonds is 5. The molecule has 0 amide bonds. The second-order valence-corrected chi connectivity index (χ2v) is 19.8. The molecule has 4 heteroatoms. The summed E-state index contributed by atoms with van der Waals surface area (Å²) in [6, 6.07) is 24.8. The Morgan fingerprint density at radius 3 is 1.31 bits per heavy atom.